The van der Waals surface area contributed by atoms with E-state index in [1.165, 1.54) is 10.8 Å². The Bertz CT molecular complexity index is 1010. The molecule has 1 aliphatic carbocycles. The molecule has 0 fully saturated rings. The molecule has 6 nitrogen and oxygen atoms in total. The van der Waals surface area contributed by atoms with Crippen LogP contribution in [-0.4, -0.2) is 25.7 Å². The Morgan fingerprint density at radius 1 is 1.15 bits per heavy atom. The highest BCUT2D eigenvalue weighted by Crippen LogP contribution is 2.61. The van der Waals surface area contributed by atoms with Gasteiger partial charge in [0.15, 0.2) is 0 Å². The number of benzene rings is 1. The van der Waals surface area contributed by atoms with Crippen LogP contribution in [0.2, 0.25) is 5.02 Å². The van der Waals surface area contributed by atoms with Crippen molar-refractivity contribution in [2.75, 3.05) is 5.32 Å². The van der Waals surface area contributed by atoms with Crippen LogP contribution in [0.25, 0.3) is 5.69 Å². The van der Waals surface area contributed by atoms with E-state index < -0.39 is 0 Å². The Morgan fingerprint density at radius 2 is 1.85 bits per heavy atom. The second-order valence-corrected chi connectivity index (χ2v) is 7.10. The maximum atomic E-state index is 12.2. The normalized spacial score (nSPS) is 14.0. The largest absolute Gasteiger partial charge is 0.494 e. The number of nitrogens with one attached hydrogen (secondary N) is 1. The van der Waals surface area contributed by atoms with Gasteiger partial charge in [0, 0.05) is 28.4 Å². The maximum Gasteiger partial charge on any atom is 0.274 e. The number of carbonyl (C=O) groups is 1. The van der Waals surface area contributed by atoms with Gasteiger partial charge in [-0.2, -0.15) is 0 Å². The highest BCUT2D eigenvalue weighted by molar-refractivity contribution is 6.32. The zero-order chi connectivity index (χ0) is 18.6. The lowest BCUT2D eigenvalue weighted by atomic mass is 10.1. The first kappa shape index (κ1) is 16.5. The van der Waals surface area contributed by atoms with E-state index in [4.69, 9.17) is 11.6 Å². The van der Waals surface area contributed by atoms with Crippen molar-refractivity contribution in [3.63, 3.8) is 0 Å². The van der Waals surface area contributed by atoms with Gasteiger partial charge < -0.3 is 15.5 Å². The number of fused-ring (bicyclic) bond motifs is 1. The van der Waals surface area contributed by atoms with E-state index in [0.29, 0.717) is 17.1 Å². The minimum absolute atomic E-state index is 0.0188. The van der Waals surface area contributed by atoms with E-state index in [1.807, 2.05) is 13.8 Å². The molecule has 0 spiro atoms. The molecule has 0 bridgehead atoms. The summed E-state index contributed by atoms with van der Waals surface area (Å²) >= 11 is 6.33. The molecular formula is C19H16ClN3O3. The summed E-state index contributed by atoms with van der Waals surface area (Å²) in [6.45, 7) is 3.86. The molecule has 0 saturated heterocycles. The van der Waals surface area contributed by atoms with Gasteiger partial charge in [-0.25, -0.2) is 4.57 Å². The van der Waals surface area contributed by atoms with E-state index in [0.717, 1.165) is 11.1 Å². The average molecular weight is 370 g/mol. The number of pyridine rings is 1. The van der Waals surface area contributed by atoms with Gasteiger partial charge in [-0.3, -0.25) is 9.78 Å². The van der Waals surface area contributed by atoms with Gasteiger partial charge in [0.1, 0.15) is 5.69 Å². The zero-order valence-electron chi connectivity index (χ0n) is 14.1. The quantitative estimate of drug-likeness (QED) is 0.654. The number of hydrogen-bond donors (Lipinski definition) is 3. The first-order valence-corrected chi connectivity index (χ1v) is 8.40. The van der Waals surface area contributed by atoms with Gasteiger partial charge >= 0.3 is 0 Å². The van der Waals surface area contributed by atoms with Gasteiger partial charge in [-0.1, -0.05) is 31.5 Å². The van der Waals surface area contributed by atoms with Gasteiger partial charge in [-0.15, -0.1) is 0 Å². The second-order valence-electron chi connectivity index (χ2n) is 6.69. The predicted molar refractivity (Wildman–Crippen MR) is 98.4 cm³/mol. The first-order valence-electron chi connectivity index (χ1n) is 8.02. The molecule has 3 N–H and O–H groups in total. The third-order valence-electron chi connectivity index (χ3n) is 4.65. The highest BCUT2D eigenvalue weighted by atomic mass is 35.5. The van der Waals surface area contributed by atoms with Gasteiger partial charge in [-0.05, 0) is 30.3 Å². The first-order chi connectivity index (χ1) is 12.3. The second kappa shape index (κ2) is 5.51. The van der Waals surface area contributed by atoms with Crippen LogP contribution in [-0.2, 0) is 5.41 Å². The molecule has 0 radical (unpaired) electrons. The van der Waals surface area contributed by atoms with E-state index >= 15 is 0 Å². The third-order valence-corrected chi connectivity index (χ3v) is 4.96. The topological polar surface area (TPSA) is 87.4 Å². The van der Waals surface area contributed by atoms with Crippen LogP contribution in [0.3, 0.4) is 0 Å². The number of amides is 1. The van der Waals surface area contributed by atoms with Crippen LogP contribution in [0, 0.1) is 0 Å². The number of aromatic hydroxyl groups is 2. The summed E-state index contributed by atoms with van der Waals surface area (Å²) in [6.07, 6.45) is 1.54. The number of carbonyl (C=O) groups excluding carboxylic acids is 1. The number of nitrogens with zero attached hydrogens (tertiary/aromatic N) is 2. The molecule has 0 saturated carbocycles. The summed E-state index contributed by atoms with van der Waals surface area (Å²) in [7, 11) is 0. The minimum Gasteiger partial charge on any atom is -0.494 e. The molecule has 4 rings (SSSR count). The summed E-state index contributed by atoms with van der Waals surface area (Å²) in [5.74, 6) is -0.391. The van der Waals surface area contributed by atoms with E-state index in [9.17, 15) is 15.0 Å². The molecule has 132 valence electrons. The van der Waals surface area contributed by atoms with Crippen molar-refractivity contribution in [1.82, 2.24) is 9.55 Å². The van der Waals surface area contributed by atoms with Gasteiger partial charge in [0.25, 0.3) is 5.91 Å². The van der Waals surface area contributed by atoms with Crippen LogP contribution in [0.1, 0.15) is 35.5 Å². The van der Waals surface area contributed by atoms with Gasteiger partial charge in [0.05, 0.1) is 10.7 Å². The fourth-order valence-corrected chi connectivity index (χ4v) is 3.53. The van der Waals surface area contributed by atoms with Crippen molar-refractivity contribution in [2.24, 2.45) is 0 Å². The summed E-state index contributed by atoms with van der Waals surface area (Å²) in [5, 5.41) is 23.8. The number of aromatic nitrogens is 2. The summed E-state index contributed by atoms with van der Waals surface area (Å²) in [4.78, 5) is 16.2. The SMILES string of the molecule is CC1(C)c2c1c(O)n(-c1ccc(NC(=O)c3ccccn3)cc1Cl)c2O. The lowest BCUT2D eigenvalue weighted by molar-refractivity contribution is 0.102. The molecule has 1 aliphatic rings. The van der Waals surface area contributed by atoms with Crippen LogP contribution >= 0.6 is 11.6 Å². The monoisotopic (exact) mass is 369 g/mol. The lowest BCUT2D eigenvalue weighted by Gasteiger charge is -2.15. The maximum absolute atomic E-state index is 12.2. The van der Waals surface area contributed by atoms with Crippen LogP contribution < -0.4 is 5.32 Å². The van der Waals surface area contributed by atoms with Crippen molar-refractivity contribution >= 4 is 23.2 Å². The molecule has 7 heteroatoms. The third kappa shape index (κ3) is 2.34. The van der Waals surface area contributed by atoms with Crippen LogP contribution in [0.15, 0.2) is 42.6 Å². The Hall–Kier alpha value is -2.99. The molecule has 1 aromatic carbocycles. The number of hydrogen-bond acceptors (Lipinski definition) is 4. The molecule has 1 amide bonds. The van der Waals surface area contributed by atoms with Crippen LogP contribution in [0.4, 0.5) is 5.69 Å². The van der Waals surface area contributed by atoms with E-state index in [-0.39, 0.29) is 28.1 Å². The van der Waals surface area contributed by atoms with Crippen LogP contribution in [0.5, 0.6) is 11.8 Å². The molecule has 26 heavy (non-hydrogen) atoms. The van der Waals surface area contributed by atoms with Gasteiger partial charge in [0.2, 0.25) is 11.8 Å². The molecule has 3 aromatic rings. The van der Waals surface area contributed by atoms with Crippen molar-refractivity contribution < 1.29 is 15.0 Å². The lowest BCUT2D eigenvalue weighted by Crippen LogP contribution is -2.13. The zero-order valence-corrected chi connectivity index (χ0v) is 14.9. The minimum atomic E-state index is -0.353. The molecular weight excluding hydrogens is 354 g/mol. The fourth-order valence-electron chi connectivity index (χ4n) is 3.26. The Morgan fingerprint density at radius 3 is 2.42 bits per heavy atom. The molecule has 2 heterocycles. The standard InChI is InChI=1S/C19H16ClN3O3/c1-19(2)14-15(19)18(26)23(17(14)25)13-7-6-10(9-11(13)20)22-16(24)12-5-3-4-8-21-12/h3-9,25-26H,1-2H3,(H,22,24). The number of anilines is 1. The fraction of sp³-hybridized carbons (Fsp3) is 0.158. The summed E-state index contributed by atoms with van der Waals surface area (Å²) in [6, 6.07) is 9.90. The molecule has 0 unspecified atom stereocenters. The summed E-state index contributed by atoms with van der Waals surface area (Å²) in [5.41, 5.74) is 2.34. The van der Waals surface area contributed by atoms with E-state index in [2.05, 4.69) is 10.3 Å². The van der Waals surface area contributed by atoms with Crippen molar-refractivity contribution in [3.8, 4) is 17.4 Å². The predicted octanol–water partition coefficient (Wildman–Crippen LogP) is 3.83. The average Bonchev–Trinajstić information content (AvgIpc) is 3.07. The Balaban J connectivity index is 1.63. The Kier molecular flexibility index (Phi) is 3.49. The smallest absolute Gasteiger partial charge is 0.274 e. The van der Waals surface area contributed by atoms with E-state index in [1.54, 1.807) is 36.4 Å². The summed E-state index contributed by atoms with van der Waals surface area (Å²) < 4.78 is 1.31. The van der Waals surface area contributed by atoms with Crippen molar-refractivity contribution in [2.45, 2.75) is 19.3 Å². The molecule has 2 aromatic heterocycles. The molecule has 0 atom stereocenters. The molecule has 0 aliphatic heterocycles. The van der Waals surface area contributed by atoms with Crippen molar-refractivity contribution in [1.29, 1.82) is 0 Å². The van der Waals surface area contributed by atoms with Crippen molar-refractivity contribution in [3.05, 3.63) is 64.4 Å². The Labute approximate surface area is 154 Å². The number of rotatable bonds is 3. The highest BCUT2D eigenvalue weighted by Gasteiger charge is 2.52. The number of halogens is 1.